The van der Waals surface area contributed by atoms with Crippen molar-refractivity contribution in [2.24, 2.45) is 0 Å². The molecule has 3 aromatic carbocycles. The summed E-state index contributed by atoms with van der Waals surface area (Å²) in [6, 6.07) is 24.8. The zero-order chi connectivity index (χ0) is 16.8. The summed E-state index contributed by atoms with van der Waals surface area (Å²) < 4.78 is 0. The molecule has 0 radical (unpaired) electrons. The standard InChI is InChI=1S/C21H21NOS/c1-16(17-8-3-2-4-9-17)22-21(23)15-24-14-19-12-7-11-18-10-5-6-13-20(18)19/h2-13,16H,14-15H2,1H3,(H,22,23). The van der Waals surface area contributed by atoms with Crippen LogP contribution in [0.15, 0.2) is 72.8 Å². The maximum Gasteiger partial charge on any atom is 0.230 e. The number of benzene rings is 3. The minimum absolute atomic E-state index is 0.0388. The van der Waals surface area contributed by atoms with E-state index in [-0.39, 0.29) is 11.9 Å². The molecule has 0 heterocycles. The van der Waals surface area contributed by atoms with Crippen molar-refractivity contribution < 1.29 is 4.79 Å². The van der Waals surface area contributed by atoms with Crippen molar-refractivity contribution in [1.82, 2.24) is 5.32 Å². The van der Waals surface area contributed by atoms with Crippen molar-refractivity contribution in [3.8, 4) is 0 Å². The van der Waals surface area contributed by atoms with Crippen LogP contribution in [-0.4, -0.2) is 11.7 Å². The van der Waals surface area contributed by atoms with Gasteiger partial charge in [-0.15, -0.1) is 11.8 Å². The van der Waals surface area contributed by atoms with Crippen LogP contribution in [0.1, 0.15) is 24.1 Å². The summed E-state index contributed by atoms with van der Waals surface area (Å²) in [6.45, 7) is 2.02. The van der Waals surface area contributed by atoms with Gasteiger partial charge >= 0.3 is 0 Å². The first-order valence-electron chi connectivity index (χ1n) is 8.13. The monoisotopic (exact) mass is 335 g/mol. The Morgan fingerprint density at radius 1 is 0.958 bits per heavy atom. The fourth-order valence-electron chi connectivity index (χ4n) is 2.78. The molecule has 2 nitrogen and oxygen atoms in total. The SMILES string of the molecule is CC(NC(=O)CSCc1cccc2ccccc12)c1ccccc1. The Labute approximate surface area is 147 Å². The maximum absolute atomic E-state index is 12.1. The molecule has 0 fully saturated rings. The molecule has 1 N–H and O–H groups in total. The normalized spacial score (nSPS) is 12.0. The third-order valence-corrected chi connectivity index (χ3v) is 5.03. The average molecular weight is 335 g/mol. The second-order valence-corrected chi connectivity index (χ2v) is 6.82. The number of amides is 1. The first-order valence-corrected chi connectivity index (χ1v) is 9.28. The summed E-state index contributed by atoms with van der Waals surface area (Å²) in [6.07, 6.45) is 0. The number of thioether (sulfide) groups is 1. The van der Waals surface area contributed by atoms with Crippen LogP contribution in [0.5, 0.6) is 0 Å². The highest BCUT2D eigenvalue weighted by atomic mass is 32.2. The summed E-state index contributed by atoms with van der Waals surface area (Å²) in [5, 5.41) is 5.58. The summed E-state index contributed by atoms with van der Waals surface area (Å²) in [4.78, 5) is 12.1. The Kier molecular flexibility index (Phi) is 5.55. The fraction of sp³-hybridized carbons (Fsp3) is 0.190. The Morgan fingerprint density at radius 2 is 1.67 bits per heavy atom. The second-order valence-electron chi connectivity index (χ2n) is 5.83. The van der Waals surface area contributed by atoms with Gasteiger partial charge in [0.05, 0.1) is 11.8 Å². The number of carbonyl (C=O) groups excluding carboxylic acids is 1. The Hall–Kier alpha value is -2.26. The van der Waals surface area contributed by atoms with Gasteiger partial charge in [-0.1, -0.05) is 72.8 Å². The Bertz CT molecular complexity index is 811. The van der Waals surface area contributed by atoms with E-state index in [1.54, 1.807) is 11.8 Å². The van der Waals surface area contributed by atoms with Crippen LogP contribution < -0.4 is 5.32 Å². The molecule has 0 saturated carbocycles. The molecule has 0 spiro atoms. The first kappa shape index (κ1) is 16.6. The minimum Gasteiger partial charge on any atom is -0.349 e. The van der Waals surface area contributed by atoms with Gasteiger partial charge in [-0.25, -0.2) is 0 Å². The second kappa shape index (κ2) is 8.02. The van der Waals surface area contributed by atoms with Crippen LogP contribution in [0, 0.1) is 0 Å². The quantitative estimate of drug-likeness (QED) is 0.690. The topological polar surface area (TPSA) is 29.1 Å². The van der Waals surface area contributed by atoms with Crippen LogP contribution in [0.25, 0.3) is 10.8 Å². The van der Waals surface area contributed by atoms with Crippen LogP contribution in [0.2, 0.25) is 0 Å². The molecule has 3 heteroatoms. The molecule has 0 aliphatic heterocycles. The minimum atomic E-state index is 0.0388. The molecule has 1 unspecified atom stereocenters. The van der Waals surface area contributed by atoms with E-state index in [1.807, 2.05) is 37.3 Å². The average Bonchev–Trinajstić information content (AvgIpc) is 2.62. The van der Waals surface area contributed by atoms with Crippen molar-refractivity contribution >= 4 is 28.4 Å². The third-order valence-electron chi connectivity index (χ3n) is 4.05. The van der Waals surface area contributed by atoms with Crippen LogP contribution in [0.4, 0.5) is 0 Å². The predicted octanol–water partition coefficient (Wildman–Crippen LogP) is 4.95. The molecular weight excluding hydrogens is 314 g/mol. The van der Waals surface area contributed by atoms with E-state index in [2.05, 4.69) is 47.8 Å². The number of nitrogens with one attached hydrogen (secondary N) is 1. The lowest BCUT2D eigenvalue weighted by molar-refractivity contribution is -0.119. The summed E-state index contributed by atoms with van der Waals surface area (Å²) >= 11 is 1.65. The van der Waals surface area contributed by atoms with Gasteiger partial charge in [-0.05, 0) is 28.8 Å². The zero-order valence-corrected chi connectivity index (χ0v) is 14.6. The van der Waals surface area contributed by atoms with Gasteiger partial charge in [-0.3, -0.25) is 4.79 Å². The first-order chi connectivity index (χ1) is 11.7. The van der Waals surface area contributed by atoms with Crippen LogP contribution >= 0.6 is 11.8 Å². The molecule has 122 valence electrons. The van der Waals surface area contributed by atoms with Crippen molar-refractivity contribution in [2.45, 2.75) is 18.7 Å². The highest BCUT2D eigenvalue weighted by molar-refractivity contribution is 7.99. The van der Waals surface area contributed by atoms with Crippen molar-refractivity contribution in [2.75, 3.05) is 5.75 Å². The highest BCUT2D eigenvalue weighted by Crippen LogP contribution is 2.22. The maximum atomic E-state index is 12.1. The molecule has 0 aliphatic carbocycles. The molecule has 3 rings (SSSR count). The number of hydrogen-bond donors (Lipinski definition) is 1. The van der Waals surface area contributed by atoms with E-state index in [0.717, 1.165) is 11.3 Å². The smallest absolute Gasteiger partial charge is 0.230 e. The predicted molar refractivity (Wildman–Crippen MR) is 103 cm³/mol. The van der Waals surface area contributed by atoms with E-state index < -0.39 is 0 Å². The molecule has 0 aliphatic rings. The lowest BCUT2D eigenvalue weighted by Crippen LogP contribution is -2.28. The van der Waals surface area contributed by atoms with Crippen molar-refractivity contribution in [3.63, 3.8) is 0 Å². The lowest BCUT2D eigenvalue weighted by atomic mass is 10.1. The van der Waals surface area contributed by atoms with Crippen LogP contribution in [-0.2, 0) is 10.5 Å². The largest absolute Gasteiger partial charge is 0.349 e. The molecule has 0 saturated heterocycles. The van der Waals surface area contributed by atoms with Crippen LogP contribution in [0.3, 0.4) is 0 Å². The highest BCUT2D eigenvalue weighted by Gasteiger charge is 2.09. The Morgan fingerprint density at radius 3 is 2.50 bits per heavy atom. The molecule has 0 bridgehead atoms. The number of hydrogen-bond acceptors (Lipinski definition) is 2. The lowest BCUT2D eigenvalue weighted by Gasteiger charge is -2.14. The van der Waals surface area contributed by atoms with Gasteiger partial charge in [0.1, 0.15) is 0 Å². The van der Waals surface area contributed by atoms with Gasteiger partial charge in [0.2, 0.25) is 5.91 Å². The third kappa shape index (κ3) is 4.18. The summed E-state index contributed by atoms with van der Waals surface area (Å²) in [5.74, 6) is 1.39. The van der Waals surface area contributed by atoms with Gasteiger partial charge in [0.15, 0.2) is 0 Å². The van der Waals surface area contributed by atoms with Gasteiger partial charge in [-0.2, -0.15) is 0 Å². The molecule has 0 aromatic heterocycles. The van der Waals surface area contributed by atoms with Gasteiger partial charge in [0, 0.05) is 5.75 Å². The van der Waals surface area contributed by atoms with Crippen molar-refractivity contribution in [1.29, 1.82) is 0 Å². The van der Waals surface area contributed by atoms with E-state index in [4.69, 9.17) is 0 Å². The molecule has 24 heavy (non-hydrogen) atoms. The number of rotatable bonds is 6. The van der Waals surface area contributed by atoms with E-state index in [9.17, 15) is 4.79 Å². The molecule has 3 aromatic rings. The molecular formula is C21H21NOS. The fourth-order valence-corrected chi connectivity index (χ4v) is 3.62. The number of carbonyl (C=O) groups is 1. The van der Waals surface area contributed by atoms with E-state index in [1.165, 1.54) is 16.3 Å². The van der Waals surface area contributed by atoms with Gasteiger partial charge in [0.25, 0.3) is 0 Å². The number of fused-ring (bicyclic) bond motifs is 1. The molecule has 1 amide bonds. The zero-order valence-electron chi connectivity index (χ0n) is 13.7. The Balaban J connectivity index is 1.53. The summed E-state index contributed by atoms with van der Waals surface area (Å²) in [7, 11) is 0. The van der Waals surface area contributed by atoms with E-state index >= 15 is 0 Å². The van der Waals surface area contributed by atoms with Gasteiger partial charge < -0.3 is 5.32 Å². The molecule has 1 atom stereocenters. The van der Waals surface area contributed by atoms with Crippen molar-refractivity contribution in [3.05, 3.63) is 83.9 Å². The summed E-state index contributed by atoms with van der Waals surface area (Å²) in [5.41, 5.74) is 2.41. The van der Waals surface area contributed by atoms with E-state index in [0.29, 0.717) is 5.75 Å².